The molecule has 162 valence electrons. The first-order valence-electron chi connectivity index (χ1n) is 10.4. The Bertz CT molecular complexity index is 1250. The van der Waals surface area contributed by atoms with Crippen LogP contribution in [0.15, 0.2) is 54.7 Å². The van der Waals surface area contributed by atoms with Crippen LogP contribution >= 0.6 is 0 Å². The molecule has 0 spiro atoms. The highest BCUT2D eigenvalue weighted by atomic mass is 19.1. The molecule has 0 aliphatic carbocycles. The summed E-state index contributed by atoms with van der Waals surface area (Å²) in [5.74, 6) is -0.896. The molecular weight excluding hydrogens is 412 g/mol. The summed E-state index contributed by atoms with van der Waals surface area (Å²) in [6.07, 6.45) is 4.19. The highest BCUT2D eigenvalue weighted by Gasteiger charge is 2.19. The zero-order chi connectivity index (χ0) is 22.1. The van der Waals surface area contributed by atoms with Gasteiger partial charge in [-0.15, -0.1) is 5.10 Å². The predicted molar refractivity (Wildman–Crippen MR) is 117 cm³/mol. The van der Waals surface area contributed by atoms with Gasteiger partial charge in [0.1, 0.15) is 23.1 Å². The Balaban J connectivity index is 1.48. The van der Waals surface area contributed by atoms with Crippen LogP contribution in [0.1, 0.15) is 18.4 Å². The first kappa shape index (κ1) is 20.2. The van der Waals surface area contributed by atoms with Gasteiger partial charge in [-0.2, -0.15) is 4.68 Å². The molecule has 2 aromatic heterocycles. The van der Waals surface area contributed by atoms with Crippen molar-refractivity contribution in [2.24, 2.45) is 0 Å². The molecule has 1 aliphatic rings. The number of nitrogens with zero attached hydrogens (tertiary/aromatic N) is 6. The number of aromatic nitrogens is 5. The average molecular weight is 433 g/mol. The van der Waals surface area contributed by atoms with Gasteiger partial charge in [0, 0.05) is 24.4 Å². The molecule has 2 N–H and O–H groups in total. The van der Waals surface area contributed by atoms with E-state index in [1.54, 1.807) is 12.3 Å². The molecule has 0 saturated carbocycles. The van der Waals surface area contributed by atoms with Crippen LogP contribution < -0.4 is 5.73 Å². The number of hydrogen-bond acceptors (Lipinski definition) is 6. The number of tetrazole rings is 1. The summed E-state index contributed by atoms with van der Waals surface area (Å²) in [6.45, 7) is 3.24. The van der Waals surface area contributed by atoms with Gasteiger partial charge >= 0.3 is 0 Å². The van der Waals surface area contributed by atoms with E-state index in [1.807, 2.05) is 12.1 Å². The minimum absolute atomic E-state index is 0.110. The van der Waals surface area contributed by atoms with Crippen LogP contribution in [0, 0.1) is 11.6 Å². The van der Waals surface area contributed by atoms with E-state index in [9.17, 15) is 8.78 Å². The fourth-order valence-corrected chi connectivity index (χ4v) is 3.98. The predicted octanol–water partition coefficient (Wildman–Crippen LogP) is 3.85. The number of pyridine rings is 1. The van der Waals surface area contributed by atoms with Crippen molar-refractivity contribution in [3.63, 3.8) is 0 Å². The number of rotatable bonds is 5. The topological polar surface area (TPSA) is 85.8 Å². The summed E-state index contributed by atoms with van der Waals surface area (Å²) in [5, 5.41) is 11.5. The largest absolute Gasteiger partial charge is 0.383 e. The monoisotopic (exact) mass is 433 g/mol. The summed E-state index contributed by atoms with van der Waals surface area (Å²) in [6, 6.07) is 13.2. The molecule has 1 saturated heterocycles. The van der Waals surface area contributed by atoms with Crippen molar-refractivity contribution < 1.29 is 8.78 Å². The van der Waals surface area contributed by atoms with E-state index in [0.717, 1.165) is 53.6 Å². The lowest BCUT2D eigenvalue weighted by Crippen LogP contribution is -2.18. The third-order valence-electron chi connectivity index (χ3n) is 5.66. The van der Waals surface area contributed by atoms with Crippen LogP contribution in [-0.4, -0.2) is 43.2 Å². The van der Waals surface area contributed by atoms with Gasteiger partial charge in [0.2, 0.25) is 0 Å². The van der Waals surface area contributed by atoms with Gasteiger partial charge in [-0.05, 0) is 65.7 Å². The number of benzene rings is 2. The average Bonchev–Trinajstić information content (AvgIpc) is 3.49. The van der Waals surface area contributed by atoms with E-state index in [1.165, 1.54) is 18.4 Å². The number of nitrogens with two attached hydrogens (primary N) is 1. The van der Waals surface area contributed by atoms with Gasteiger partial charge in [-0.25, -0.2) is 13.8 Å². The van der Waals surface area contributed by atoms with Crippen LogP contribution in [0.25, 0.3) is 28.2 Å². The Morgan fingerprint density at radius 3 is 2.50 bits per heavy atom. The molecule has 1 fully saturated rings. The molecule has 0 atom stereocenters. The van der Waals surface area contributed by atoms with Crippen molar-refractivity contribution in [1.82, 2.24) is 30.1 Å². The molecular formula is C23H21F2N7. The van der Waals surface area contributed by atoms with Crippen molar-refractivity contribution in [2.45, 2.75) is 19.4 Å². The third kappa shape index (κ3) is 3.94. The first-order valence-corrected chi connectivity index (χ1v) is 10.4. The number of hydrogen-bond donors (Lipinski definition) is 1. The summed E-state index contributed by atoms with van der Waals surface area (Å²) in [7, 11) is 0. The van der Waals surface area contributed by atoms with E-state index in [0.29, 0.717) is 5.56 Å². The van der Waals surface area contributed by atoms with Crippen molar-refractivity contribution in [3.8, 4) is 28.2 Å². The maximum absolute atomic E-state index is 14.3. The molecule has 4 aromatic rings. The lowest BCUT2D eigenvalue weighted by Gasteiger charge is -2.15. The van der Waals surface area contributed by atoms with E-state index in [2.05, 4.69) is 37.5 Å². The molecule has 32 heavy (non-hydrogen) atoms. The summed E-state index contributed by atoms with van der Waals surface area (Å²) < 4.78 is 29.2. The second-order valence-corrected chi connectivity index (χ2v) is 7.85. The molecule has 0 unspecified atom stereocenters. The lowest BCUT2D eigenvalue weighted by atomic mass is 10.0. The lowest BCUT2D eigenvalue weighted by molar-refractivity contribution is 0.331. The minimum atomic E-state index is -0.656. The second kappa shape index (κ2) is 8.43. The zero-order valence-corrected chi connectivity index (χ0v) is 17.2. The molecule has 0 bridgehead atoms. The Morgan fingerprint density at radius 2 is 1.72 bits per heavy atom. The van der Waals surface area contributed by atoms with E-state index in [-0.39, 0.29) is 17.3 Å². The zero-order valence-electron chi connectivity index (χ0n) is 17.2. The number of halogens is 2. The highest BCUT2D eigenvalue weighted by Crippen LogP contribution is 2.30. The minimum Gasteiger partial charge on any atom is -0.383 e. The Hall–Kier alpha value is -3.72. The maximum Gasteiger partial charge on any atom is 0.190 e. The molecule has 0 radical (unpaired) electrons. The van der Waals surface area contributed by atoms with Gasteiger partial charge in [0.15, 0.2) is 5.82 Å². The Morgan fingerprint density at radius 1 is 0.938 bits per heavy atom. The van der Waals surface area contributed by atoms with E-state index < -0.39 is 11.6 Å². The number of anilines is 1. The summed E-state index contributed by atoms with van der Waals surface area (Å²) >= 11 is 0. The van der Waals surface area contributed by atoms with Crippen molar-refractivity contribution in [3.05, 3.63) is 71.9 Å². The summed E-state index contributed by atoms with van der Waals surface area (Å²) in [4.78, 5) is 6.73. The smallest absolute Gasteiger partial charge is 0.190 e. The van der Waals surface area contributed by atoms with Crippen LogP contribution in [0.2, 0.25) is 0 Å². The second-order valence-electron chi connectivity index (χ2n) is 7.85. The number of likely N-dealkylation sites (tertiary alicyclic amines) is 1. The highest BCUT2D eigenvalue weighted by molar-refractivity contribution is 5.76. The van der Waals surface area contributed by atoms with Crippen LogP contribution in [0.5, 0.6) is 0 Å². The molecule has 7 nitrogen and oxygen atoms in total. The van der Waals surface area contributed by atoms with Gasteiger partial charge in [0.05, 0.1) is 5.56 Å². The van der Waals surface area contributed by atoms with Crippen LogP contribution in [0.3, 0.4) is 0 Å². The van der Waals surface area contributed by atoms with Crippen molar-refractivity contribution in [2.75, 3.05) is 18.8 Å². The summed E-state index contributed by atoms with van der Waals surface area (Å²) in [5.41, 5.74) is 9.44. The van der Waals surface area contributed by atoms with Crippen molar-refractivity contribution in [1.29, 1.82) is 0 Å². The first-order chi connectivity index (χ1) is 15.6. The van der Waals surface area contributed by atoms with Gasteiger partial charge < -0.3 is 5.73 Å². The van der Waals surface area contributed by atoms with Crippen molar-refractivity contribution >= 4 is 5.82 Å². The molecule has 1 aliphatic heterocycles. The standard InChI is InChI=1S/C23H21F2N7/c24-18-7-8-20(25)21(12-18)32-23(28-29-30-32)19-11-17(13-27-22(19)26)16-5-3-15(4-6-16)14-31-9-1-2-10-31/h3-8,11-13H,1-2,9-10,14H2,(H2,26,27). The van der Waals surface area contributed by atoms with Gasteiger partial charge in [0.25, 0.3) is 0 Å². The molecule has 9 heteroatoms. The Kier molecular flexibility index (Phi) is 5.32. The Labute approximate surface area is 183 Å². The normalized spacial score (nSPS) is 14.2. The SMILES string of the molecule is Nc1ncc(-c2ccc(CN3CCCC3)cc2)cc1-c1nnnn1-c1cc(F)ccc1F. The molecule has 3 heterocycles. The fraction of sp³-hybridized carbons (Fsp3) is 0.217. The van der Waals surface area contributed by atoms with Crippen LogP contribution in [0.4, 0.5) is 14.6 Å². The third-order valence-corrected chi connectivity index (χ3v) is 5.66. The van der Waals surface area contributed by atoms with E-state index >= 15 is 0 Å². The molecule has 5 rings (SSSR count). The van der Waals surface area contributed by atoms with Gasteiger partial charge in [-0.1, -0.05) is 24.3 Å². The quantitative estimate of drug-likeness (QED) is 0.515. The maximum atomic E-state index is 14.3. The molecule has 2 aromatic carbocycles. The van der Waals surface area contributed by atoms with Gasteiger partial charge in [-0.3, -0.25) is 4.90 Å². The number of nitrogen functional groups attached to an aromatic ring is 1. The fourth-order valence-electron chi connectivity index (χ4n) is 3.98. The van der Waals surface area contributed by atoms with E-state index in [4.69, 9.17) is 5.73 Å². The van der Waals surface area contributed by atoms with Crippen LogP contribution in [-0.2, 0) is 6.54 Å². The molecule has 0 amide bonds.